The quantitative estimate of drug-likeness (QED) is 0.800. The molecule has 0 radical (unpaired) electrons. The van der Waals surface area contributed by atoms with E-state index in [0.717, 1.165) is 18.9 Å². The molecule has 0 saturated heterocycles. The number of sulfonamides is 1. The lowest BCUT2D eigenvalue weighted by Crippen LogP contribution is -2.45. The van der Waals surface area contributed by atoms with Crippen molar-refractivity contribution in [3.63, 3.8) is 0 Å². The minimum atomic E-state index is -3.82. The van der Waals surface area contributed by atoms with Crippen LogP contribution in [0.15, 0.2) is 21.5 Å². The summed E-state index contributed by atoms with van der Waals surface area (Å²) in [6.07, 6.45) is 1.97. The minimum Gasteiger partial charge on any atom is -0.478 e. The van der Waals surface area contributed by atoms with Crippen molar-refractivity contribution in [2.75, 3.05) is 0 Å². The van der Waals surface area contributed by atoms with E-state index in [-0.39, 0.29) is 20.0 Å². The molecule has 0 spiro atoms. The minimum absolute atomic E-state index is 0.0251. The maximum absolute atomic E-state index is 12.5. The van der Waals surface area contributed by atoms with Crippen LogP contribution in [0.25, 0.3) is 0 Å². The molecule has 5 nitrogen and oxygen atoms in total. The second kappa shape index (κ2) is 5.53. The van der Waals surface area contributed by atoms with Crippen LogP contribution in [-0.2, 0) is 10.0 Å². The lowest BCUT2D eigenvalue weighted by molar-refractivity contribution is 0.0696. The van der Waals surface area contributed by atoms with Gasteiger partial charge in [0.25, 0.3) is 0 Å². The zero-order valence-corrected chi connectivity index (χ0v) is 14.6. The lowest BCUT2D eigenvalue weighted by atomic mass is 10.0. The molecule has 1 aromatic rings. The molecule has 0 amide bonds. The first-order valence-corrected chi connectivity index (χ1v) is 8.96. The normalized spacial score (nSPS) is 16.0. The summed E-state index contributed by atoms with van der Waals surface area (Å²) in [5.74, 6) is -0.971. The van der Waals surface area contributed by atoms with Crippen LogP contribution in [-0.4, -0.2) is 25.0 Å². The van der Waals surface area contributed by atoms with E-state index >= 15 is 0 Å². The largest absolute Gasteiger partial charge is 0.478 e. The van der Waals surface area contributed by atoms with E-state index in [1.165, 1.54) is 6.07 Å². The highest BCUT2D eigenvalue weighted by atomic mass is 79.9. The van der Waals surface area contributed by atoms with Crippen molar-refractivity contribution in [3.05, 3.63) is 27.2 Å². The van der Waals surface area contributed by atoms with Gasteiger partial charge in [-0.25, -0.2) is 17.9 Å². The lowest BCUT2D eigenvalue weighted by Gasteiger charge is -2.26. The van der Waals surface area contributed by atoms with Crippen LogP contribution < -0.4 is 4.72 Å². The third-order valence-corrected chi connectivity index (χ3v) is 6.45. The van der Waals surface area contributed by atoms with Gasteiger partial charge in [0.05, 0.1) is 15.5 Å². The fourth-order valence-electron chi connectivity index (χ4n) is 2.17. The highest BCUT2D eigenvalue weighted by Crippen LogP contribution is 2.40. The van der Waals surface area contributed by atoms with Crippen molar-refractivity contribution in [1.29, 1.82) is 0 Å². The van der Waals surface area contributed by atoms with Crippen LogP contribution in [0.2, 0.25) is 5.02 Å². The number of carbonyl (C=O) groups is 1. The standard InChI is InChI=1S/C13H15BrClNO4S/c1-13(2,7-3-4-7)16-21(19,20)8-5-9(12(17)18)11(15)10(14)6-8/h5-7,16H,3-4H2,1-2H3,(H,17,18). The van der Waals surface area contributed by atoms with Gasteiger partial charge in [0.2, 0.25) is 10.0 Å². The predicted octanol–water partition coefficient (Wildman–Crippen LogP) is 3.27. The molecule has 1 aliphatic rings. The molecule has 8 heteroatoms. The van der Waals surface area contributed by atoms with E-state index < -0.39 is 21.5 Å². The van der Waals surface area contributed by atoms with Crippen LogP contribution in [0.3, 0.4) is 0 Å². The van der Waals surface area contributed by atoms with Crippen LogP contribution in [0.5, 0.6) is 0 Å². The predicted molar refractivity (Wildman–Crippen MR) is 83.2 cm³/mol. The third-order valence-electron chi connectivity index (χ3n) is 3.54. The molecule has 0 atom stereocenters. The van der Waals surface area contributed by atoms with E-state index in [2.05, 4.69) is 20.7 Å². The highest BCUT2D eigenvalue weighted by molar-refractivity contribution is 9.10. The van der Waals surface area contributed by atoms with Crippen LogP contribution in [0.1, 0.15) is 37.0 Å². The van der Waals surface area contributed by atoms with Crippen molar-refractivity contribution in [2.45, 2.75) is 37.1 Å². The summed E-state index contributed by atoms with van der Waals surface area (Å²) in [5, 5.41) is 9.07. The van der Waals surface area contributed by atoms with Gasteiger partial charge < -0.3 is 5.11 Å². The Balaban J connectivity index is 2.43. The summed E-state index contributed by atoms with van der Waals surface area (Å²) in [6.45, 7) is 3.65. The zero-order chi connectivity index (χ0) is 16.0. The molecule has 1 aliphatic carbocycles. The van der Waals surface area contributed by atoms with E-state index in [1.807, 2.05) is 13.8 Å². The van der Waals surface area contributed by atoms with Crippen LogP contribution in [0.4, 0.5) is 0 Å². The highest BCUT2D eigenvalue weighted by Gasteiger charge is 2.40. The zero-order valence-electron chi connectivity index (χ0n) is 11.5. The molecule has 0 aliphatic heterocycles. The van der Waals surface area contributed by atoms with E-state index in [9.17, 15) is 13.2 Å². The van der Waals surface area contributed by atoms with Gasteiger partial charge in [0, 0.05) is 10.0 Å². The summed E-state index contributed by atoms with van der Waals surface area (Å²) in [7, 11) is -3.82. The number of halogens is 2. The Morgan fingerprint density at radius 3 is 2.48 bits per heavy atom. The van der Waals surface area contributed by atoms with Crippen molar-refractivity contribution in [3.8, 4) is 0 Å². The molecule has 2 rings (SSSR count). The van der Waals surface area contributed by atoms with Crippen molar-refractivity contribution in [1.82, 2.24) is 4.72 Å². The van der Waals surface area contributed by atoms with Gasteiger partial charge in [-0.05, 0) is 60.7 Å². The number of rotatable bonds is 5. The first kappa shape index (κ1) is 16.7. The van der Waals surface area contributed by atoms with Gasteiger partial charge in [-0.15, -0.1) is 0 Å². The van der Waals surface area contributed by atoms with E-state index in [4.69, 9.17) is 16.7 Å². The SMILES string of the molecule is CC(C)(NS(=O)(=O)c1cc(Br)c(Cl)c(C(=O)O)c1)C1CC1. The summed E-state index contributed by atoms with van der Waals surface area (Å²) < 4.78 is 27.8. The Morgan fingerprint density at radius 1 is 1.43 bits per heavy atom. The molecule has 0 unspecified atom stereocenters. The second-order valence-corrected chi connectivity index (χ2v) is 8.59. The smallest absolute Gasteiger partial charge is 0.337 e. The Hall–Kier alpha value is -0.630. The summed E-state index contributed by atoms with van der Waals surface area (Å²) in [4.78, 5) is 11.0. The molecule has 116 valence electrons. The molecule has 0 bridgehead atoms. The number of hydrogen-bond donors (Lipinski definition) is 2. The topological polar surface area (TPSA) is 83.5 Å². The first-order chi connectivity index (χ1) is 9.54. The number of carboxylic acid groups (broad SMARTS) is 1. The molecule has 1 fully saturated rings. The number of aromatic carboxylic acids is 1. The molecular formula is C13H15BrClNO4S. The average Bonchev–Trinajstić information content (AvgIpc) is 3.14. The number of carboxylic acids is 1. The van der Waals surface area contributed by atoms with Gasteiger partial charge in [0.1, 0.15) is 0 Å². The maximum atomic E-state index is 12.5. The third kappa shape index (κ3) is 3.59. The Labute approximate surface area is 136 Å². The van der Waals surface area contributed by atoms with E-state index in [1.54, 1.807) is 0 Å². The summed E-state index contributed by atoms with van der Waals surface area (Å²) >= 11 is 8.95. The summed E-state index contributed by atoms with van der Waals surface area (Å²) in [6, 6.07) is 2.38. The molecule has 0 heterocycles. The van der Waals surface area contributed by atoms with Gasteiger partial charge in [-0.3, -0.25) is 0 Å². The number of nitrogens with one attached hydrogen (secondary N) is 1. The van der Waals surface area contributed by atoms with E-state index in [0.29, 0.717) is 5.92 Å². The number of hydrogen-bond acceptors (Lipinski definition) is 3. The Kier molecular flexibility index (Phi) is 4.41. The molecule has 0 aromatic heterocycles. The molecule has 1 aromatic carbocycles. The van der Waals surface area contributed by atoms with Gasteiger partial charge in [0.15, 0.2) is 0 Å². The van der Waals surface area contributed by atoms with Gasteiger partial charge in [-0.1, -0.05) is 11.6 Å². The molecule has 2 N–H and O–H groups in total. The van der Waals surface area contributed by atoms with Gasteiger partial charge in [-0.2, -0.15) is 0 Å². The fraction of sp³-hybridized carbons (Fsp3) is 0.462. The molecular weight excluding hydrogens is 382 g/mol. The van der Waals surface area contributed by atoms with Crippen molar-refractivity contribution in [2.24, 2.45) is 5.92 Å². The Bertz CT molecular complexity index is 698. The fourth-order valence-corrected chi connectivity index (χ4v) is 4.49. The van der Waals surface area contributed by atoms with Crippen molar-refractivity contribution < 1.29 is 18.3 Å². The Morgan fingerprint density at radius 2 is 2.00 bits per heavy atom. The summed E-state index contributed by atoms with van der Waals surface area (Å²) in [5.41, 5.74) is -0.815. The van der Waals surface area contributed by atoms with Crippen LogP contribution in [0, 0.1) is 5.92 Å². The number of benzene rings is 1. The monoisotopic (exact) mass is 395 g/mol. The van der Waals surface area contributed by atoms with Gasteiger partial charge >= 0.3 is 5.97 Å². The second-order valence-electron chi connectivity index (χ2n) is 5.67. The average molecular weight is 397 g/mol. The van der Waals surface area contributed by atoms with Crippen molar-refractivity contribution >= 4 is 43.5 Å². The van der Waals surface area contributed by atoms with Crippen LogP contribution >= 0.6 is 27.5 Å². The molecule has 21 heavy (non-hydrogen) atoms. The first-order valence-electron chi connectivity index (χ1n) is 6.31. The maximum Gasteiger partial charge on any atom is 0.337 e. The molecule has 1 saturated carbocycles.